The van der Waals surface area contributed by atoms with Gasteiger partial charge in [0.2, 0.25) is 0 Å². The van der Waals surface area contributed by atoms with E-state index in [1.165, 1.54) is 6.07 Å². The molecule has 1 rings (SSSR count). The van der Waals surface area contributed by atoms with Gasteiger partial charge in [0.15, 0.2) is 0 Å². The Bertz CT molecular complexity index is 370. The molecule has 94 valence electrons. The van der Waals surface area contributed by atoms with Gasteiger partial charge in [-0.15, -0.1) is 0 Å². The van der Waals surface area contributed by atoms with E-state index in [0.29, 0.717) is 17.0 Å². The van der Waals surface area contributed by atoms with E-state index in [1.807, 2.05) is 6.92 Å². The molecule has 3 heteroatoms. The Morgan fingerprint density at radius 2 is 2.24 bits per heavy atom. The molecule has 0 aliphatic heterocycles. The molecule has 0 heterocycles. The first-order valence-corrected chi connectivity index (χ1v) is 6.25. The van der Waals surface area contributed by atoms with Crippen LogP contribution in [0.3, 0.4) is 0 Å². The second-order valence-electron chi connectivity index (χ2n) is 4.26. The molecule has 0 aromatic heterocycles. The molecule has 0 amide bonds. The monoisotopic (exact) mass is 255 g/mol. The summed E-state index contributed by atoms with van der Waals surface area (Å²) < 4.78 is 13.7. The van der Waals surface area contributed by atoms with Crippen molar-refractivity contribution in [1.82, 2.24) is 5.32 Å². The molecule has 0 fully saturated rings. The van der Waals surface area contributed by atoms with Crippen molar-refractivity contribution >= 4 is 11.6 Å². The smallest absolute Gasteiger partial charge is 0.127 e. The van der Waals surface area contributed by atoms with Crippen molar-refractivity contribution in [3.8, 4) is 0 Å². The van der Waals surface area contributed by atoms with Crippen molar-refractivity contribution < 1.29 is 4.39 Å². The summed E-state index contributed by atoms with van der Waals surface area (Å²) in [6.45, 7) is 8.87. The van der Waals surface area contributed by atoms with E-state index >= 15 is 0 Å². The third kappa shape index (κ3) is 4.14. The van der Waals surface area contributed by atoms with Crippen LogP contribution in [0.4, 0.5) is 4.39 Å². The van der Waals surface area contributed by atoms with Gasteiger partial charge in [-0.05, 0) is 38.4 Å². The predicted octanol–water partition coefficient (Wildman–Crippen LogP) is 3.97. The molecule has 0 aliphatic rings. The van der Waals surface area contributed by atoms with Crippen LogP contribution in [-0.4, -0.2) is 12.6 Å². The average Bonchev–Trinajstić information content (AvgIpc) is 2.27. The van der Waals surface area contributed by atoms with Crippen LogP contribution in [0, 0.1) is 5.82 Å². The second kappa shape index (κ2) is 6.77. The topological polar surface area (TPSA) is 12.0 Å². The third-order valence-corrected chi connectivity index (χ3v) is 3.06. The van der Waals surface area contributed by atoms with Crippen molar-refractivity contribution in [1.29, 1.82) is 0 Å². The Hall–Kier alpha value is -0.860. The van der Waals surface area contributed by atoms with E-state index in [9.17, 15) is 4.39 Å². The Balaban J connectivity index is 2.82. The fourth-order valence-electron chi connectivity index (χ4n) is 1.67. The number of halogens is 2. The van der Waals surface area contributed by atoms with Crippen LogP contribution >= 0.6 is 11.6 Å². The summed E-state index contributed by atoms with van der Waals surface area (Å²) >= 11 is 6.01. The third-order valence-electron chi connectivity index (χ3n) is 2.71. The van der Waals surface area contributed by atoms with Crippen LogP contribution in [0.2, 0.25) is 5.02 Å². The van der Waals surface area contributed by atoms with Crippen LogP contribution in [0.1, 0.15) is 25.8 Å². The molecule has 0 aliphatic carbocycles. The summed E-state index contributed by atoms with van der Waals surface area (Å²) in [6.07, 6.45) is 1.58. The highest BCUT2D eigenvalue weighted by Gasteiger charge is 2.14. The molecular formula is C14H19ClFN. The van der Waals surface area contributed by atoms with E-state index < -0.39 is 0 Å². The Kier molecular flexibility index (Phi) is 5.66. The zero-order valence-electron chi connectivity index (χ0n) is 10.4. The molecule has 1 aromatic rings. The minimum Gasteiger partial charge on any atom is -0.310 e. The standard InChI is InChI=1S/C14H19ClFN/c1-4-8-17-14(10(2)3)9-11-12(15)6-5-7-13(11)16/h5-7,14,17H,2,4,8-9H2,1,3H3. The van der Waals surface area contributed by atoms with E-state index in [-0.39, 0.29) is 11.9 Å². The second-order valence-corrected chi connectivity index (χ2v) is 4.66. The van der Waals surface area contributed by atoms with Crippen molar-refractivity contribution in [2.75, 3.05) is 6.54 Å². The van der Waals surface area contributed by atoms with Crippen LogP contribution in [0.5, 0.6) is 0 Å². The zero-order chi connectivity index (χ0) is 12.8. The van der Waals surface area contributed by atoms with Gasteiger partial charge in [0.25, 0.3) is 0 Å². The molecule has 1 N–H and O–H groups in total. The fourth-order valence-corrected chi connectivity index (χ4v) is 1.91. The lowest BCUT2D eigenvalue weighted by molar-refractivity contribution is 0.541. The number of nitrogens with one attached hydrogen (secondary N) is 1. The normalized spacial score (nSPS) is 12.5. The first kappa shape index (κ1) is 14.2. The summed E-state index contributed by atoms with van der Waals surface area (Å²) in [7, 11) is 0. The highest BCUT2D eigenvalue weighted by Crippen LogP contribution is 2.21. The van der Waals surface area contributed by atoms with Crippen molar-refractivity contribution in [2.24, 2.45) is 0 Å². The van der Waals surface area contributed by atoms with E-state index in [2.05, 4.69) is 18.8 Å². The number of rotatable bonds is 6. The predicted molar refractivity (Wildman–Crippen MR) is 72.0 cm³/mol. The molecule has 1 unspecified atom stereocenters. The van der Waals surface area contributed by atoms with Crippen molar-refractivity contribution in [3.63, 3.8) is 0 Å². The maximum atomic E-state index is 13.7. The van der Waals surface area contributed by atoms with Gasteiger partial charge in [-0.3, -0.25) is 0 Å². The lowest BCUT2D eigenvalue weighted by atomic mass is 10.0. The van der Waals surface area contributed by atoms with E-state index in [4.69, 9.17) is 11.6 Å². The van der Waals surface area contributed by atoms with Gasteiger partial charge in [0.1, 0.15) is 5.82 Å². The molecule has 1 atom stereocenters. The van der Waals surface area contributed by atoms with Crippen molar-refractivity contribution in [3.05, 3.63) is 46.8 Å². The Morgan fingerprint density at radius 1 is 1.53 bits per heavy atom. The van der Waals surface area contributed by atoms with Gasteiger partial charge < -0.3 is 5.32 Å². The van der Waals surface area contributed by atoms with Crippen LogP contribution < -0.4 is 5.32 Å². The maximum absolute atomic E-state index is 13.7. The first-order chi connectivity index (χ1) is 8.06. The SMILES string of the molecule is C=C(C)C(Cc1c(F)cccc1Cl)NCCC. The average molecular weight is 256 g/mol. The molecule has 17 heavy (non-hydrogen) atoms. The van der Waals surface area contributed by atoms with Gasteiger partial charge >= 0.3 is 0 Å². The summed E-state index contributed by atoms with van der Waals surface area (Å²) in [4.78, 5) is 0. The molecular weight excluding hydrogens is 237 g/mol. The Labute approximate surface area is 108 Å². The van der Waals surface area contributed by atoms with E-state index in [0.717, 1.165) is 18.5 Å². The minimum absolute atomic E-state index is 0.0735. The fraction of sp³-hybridized carbons (Fsp3) is 0.429. The van der Waals surface area contributed by atoms with Crippen LogP contribution in [0.15, 0.2) is 30.4 Å². The van der Waals surface area contributed by atoms with Crippen LogP contribution in [0.25, 0.3) is 0 Å². The molecule has 0 spiro atoms. The van der Waals surface area contributed by atoms with Crippen molar-refractivity contribution in [2.45, 2.75) is 32.7 Å². The number of hydrogen-bond donors (Lipinski definition) is 1. The lowest BCUT2D eigenvalue weighted by Gasteiger charge is -2.19. The Morgan fingerprint density at radius 3 is 2.76 bits per heavy atom. The summed E-state index contributed by atoms with van der Waals surface area (Å²) in [5, 5.41) is 3.83. The molecule has 0 saturated heterocycles. The van der Waals surface area contributed by atoms with Gasteiger partial charge in [0, 0.05) is 16.6 Å². The summed E-state index contributed by atoms with van der Waals surface area (Å²) in [5.41, 5.74) is 1.56. The lowest BCUT2D eigenvalue weighted by Crippen LogP contribution is -2.32. The first-order valence-electron chi connectivity index (χ1n) is 5.88. The van der Waals surface area contributed by atoms with Gasteiger partial charge in [-0.2, -0.15) is 0 Å². The quantitative estimate of drug-likeness (QED) is 0.759. The molecule has 0 bridgehead atoms. The minimum atomic E-state index is -0.248. The number of benzene rings is 1. The molecule has 1 aromatic carbocycles. The summed E-state index contributed by atoms with van der Waals surface area (Å²) in [6, 6.07) is 4.85. The largest absolute Gasteiger partial charge is 0.310 e. The highest BCUT2D eigenvalue weighted by molar-refractivity contribution is 6.31. The zero-order valence-corrected chi connectivity index (χ0v) is 11.1. The summed E-state index contributed by atoms with van der Waals surface area (Å²) in [5.74, 6) is -0.248. The number of hydrogen-bond acceptors (Lipinski definition) is 1. The molecule has 0 saturated carbocycles. The highest BCUT2D eigenvalue weighted by atomic mass is 35.5. The van der Waals surface area contributed by atoms with Gasteiger partial charge in [0.05, 0.1) is 0 Å². The van der Waals surface area contributed by atoms with Gasteiger partial charge in [-0.25, -0.2) is 4.39 Å². The van der Waals surface area contributed by atoms with Gasteiger partial charge in [-0.1, -0.05) is 36.7 Å². The molecule has 0 radical (unpaired) electrons. The maximum Gasteiger partial charge on any atom is 0.127 e. The van der Waals surface area contributed by atoms with Crippen LogP contribution in [-0.2, 0) is 6.42 Å². The van der Waals surface area contributed by atoms with E-state index in [1.54, 1.807) is 12.1 Å². The molecule has 1 nitrogen and oxygen atoms in total.